The fourth-order valence-corrected chi connectivity index (χ4v) is 5.24. The first-order valence-electron chi connectivity index (χ1n) is 13.9. The van der Waals surface area contributed by atoms with Crippen LogP contribution in [0.1, 0.15) is 90.0 Å². The molecule has 10 heteroatoms. The number of unbranched alkanes of at least 4 members (excludes halogenated alkanes) is 4. The molecule has 1 unspecified atom stereocenters. The van der Waals surface area contributed by atoms with Crippen LogP contribution in [0.5, 0.6) is 5.75 Å². The maximum Gasteiger partial charge on any atom is 0.314 e. The first kappa shape index (κ1) is 31.9. The fourth-order valence-electron chi connectivity index (χ4n) is 5.24. The van der Waals surface area contributed by atoms with Crippen LogP contribution in [0.2, 0.25) is 0 Å². The van der Waals surface area contributed by atoms with E-state index in [9.17, 15) is 39.9 Å². The van der Waals surface area contributed by atoms with Gasteiger partial charge in [0, 0.05) is 0 Å². The number of esters is 1. The van der Waals surface area contributed by atoms with Crippen LogP contribution in [0.15, 0.2) is 6.07 Å². The molecule has 0 saturated heterocycles. The molecule has 1 aliphatic carbocycles. The van der Waals surface area contributed by atoms with Crippen molar-refractivity contribution in [2.75, 3.05) is 0 Å². The molecule has 0 N–H and O–H groups in total. The van der Waals surface area contributed by atoms with Crippen LogP contribution >= 0.6 is 0 Å². The second-order valence-electron chi connectivity index (χ2n) is 10.6. The molecule has 3 rings (SSSR count). The van der Waals surface area contributed by atoms with Crippen LogP contribution in [-0.4, -0.2) is 12.1 Å². The van der Waals surface area contributed by atoms with E-state index in [1.54, 1.807) is 0 Å². The average Bonchev–Trinajstić information content (AvgIpc) is 2.93. The molecule has 0 heterocycles. The van der Waals surface area contributed by atoms with E-state index < -0.39 is 87.6 Å². The summed E-state index contributed by atoms with van der Waals surface area (Å²) in [6, 6.07) is 0.389. The zero-order chi connectivity index (χ0) is 29.6. The molecule has 0 bridgehead atoms. The van der Waals surface area contributed by atoms with Crippen LogP contribution in [0.3, 0.4) is 0 Å². The van der Waals surface area contributed by atoms with Crippen LogP contribution in [0.25, 0.3) is 11.1 Å². The van der Waals surface area contributed by atoms with Gasteiger partial charge in [-0.1, -0.05) is 45.4 Å². The zero-order valence-electron chi connectivity index (χ0n) is 22.6. The Kier molecular flexibility index (Phi) is 11.4. The quantitative estimate of drug-likeness (QED) is 0.0824. The van der Waals surface area contributed by atoms with Gasteiger partial charge in [-0.15, -0.1) is 0 Å². The Morgan fingerprint density at radius 2 is 1.40 bits per heavy atom. The number of alkyl halides is 1. The molecule has 0 aromatic heterocycles. The Bertz CT molecular complexity index is 1160. The highest BCUT2D eigenvalue weighted by Crippen LogP contribution is 2.40. The minimum absolute atomic E-state index is 0.290. The summed E-state index contributed by atoms with van der Waals surface area (Å²) in [6.45, 7) is 3.28. The smallest absolute Gasteiger partial charge is 0.314 e. The van der Waals surface area contributed by atoms with Crippen molar-refractivity contribution in [2.24, 2.45) is 11.8 Å². The summed E-state index contributed by atoms with van der Waals surface area (Å²) in [4.78, 5) is 12.6. The van der Waals surface area contributed by atoms with Crippen molar-refractivity contribution >= 4 is 5.97 Å². The number of carbonyl (C=O) groups excluding carboxylic acids is 1. The molecule has 0 radical (unpaired) electrons. The predicted molar refractivity (Wildman–Crippen MR) is 135 cm³/mol. The number of aryl methyl sites for hydroxylation is 1. The standard InChI is InChI=1S/C30H34F8O2/c1-3-4-5-6-7-8-17-10-13-18(14-11-17)30(39)40-29-27(37)25(35)22(26(36)28(29)38)21-20(32)15-19(12-9-16(2)31)23(33)24(21)34/h15-18H,3-14H2,1-2H3. The highest BCUT2D eigenvalue weighted by atomic mass is 19.2. The van der Waals surface area contributed by atoms with Gasteiger partial charge in [-0.2, -0.15) is 8.78 Å². The number of hydrogen-bond acceptors (Lipinski definition) is 2. The fraction of sp³-hybridized carbons (Fsp3) is 0.567. The first-order valence-corrected chi connectivity index (χ1v) is 13.9. The van der Waals surface area contributed by atoms with E-state index in [0.717, 1.165) is 32.6 Å². The lowest BCUT2D eigenvalue weighted by Crippen LogP contribution is -2.26. The molecular formula is C30H34F8O2. The van der Waals surface area contributed by atoms with E-state index in [1.165, 1.54) is 12.8 Å². The Balaban J connectivity index is 1.77. The number of halogens is 8. The van der Waals surface area contributed by atoms with Crippen molar-refractivity contribution in [3.63, 3.8) is 0 Å². The number of benzene rings is 2. The maximum atomic E-state index is 14.9. The van der Waals surface area contributed by atoms with Gasteiger partial charge in [-0.05, 0) is 63.0 Å². The van der Waals surface area contributed by atoms with Gasteiger partial charge in [-0.25, -0.2) is 26.3 Å². The summed E-state index contributed by atoms with van der Waals surface area (Å²) >= 11 is 0. The second kappa shape index (κ2) is 14.3. The van der Waals surface area contributed by atoms with E-state index in [2.05, 4.69) is 6.92 Å². The van der Waals surface area contributed by atoms with Crippen LogP contribution in [-0.2, 0) is 11.2 Å². The van der Waals surface area contributed by atoms with E-state index >= 15 is 0 Å². The number of carbonyl (C=O) groups is 1. The van der Waals surface area contributed by atoms with E-state index in [1.807, 2.05) is 0 Å². The Hall–Kier alpha value is -2.65. The lowest BCUT2D eigenvalue weighted by molar-refractivity contribution is -0.140. The van der Waals surface area contributed by atoms with Gasteiger partial charge in [0.05, 0.1) is 23.2 Å². The highest BCUT2D eigenvalue weighted by Gasteiger charge is 2.35. The summed E-state index contributed by atoms with van der Waals surface area (Å²) < 4.78 is 121. The van der Waals surface area contributed by atoms with Gasteiger partial charge in [0.2, 0.25) is 17.4 Å². The van der Waals surface area contributed by atoms with Crippen molar-refractivity contribution in [2.45, 2.75) is 97.1 Å². The molecule has 1 fully saturated rings. The normalized spacial score (nSPS) is 18.1. The van der Waals surface area contributed by atoms with Crippen molar-refractivity contribution in [1.82, 2.24) is 0 Å². The van der Waals surface area contributed by atoms with E-state index in [0.29, 0.717) is 37.7 Å². The zero-order valence-corrected chi connectivity index (χ0v) is 22.6. The maximum absolute atomic E-state index is 14.9. The summed E-state index contributed by atoms with van der Waals surface area (Å²) in [5.41, 5.74) is -4.11. The molecule has 2 aromatic carbocycles. The Labute approximate surface area is 229 Å². The third-order valence-electron chi connectivity index (χ3n) is 7.62. The third kappa shape index (κ3) is 7.35. The lowest BCUT2D eigenvalue weighted by Gasteiger charge is -2.27. The molecule has 1 saturated carbocycles. The second-order valence-corrected chi connectivity index (χ2v) is 10.6. The minimum atomic E-state index is -2.25. The van der Waals surface area contributed by atoms with Crippen LogP contribution in [0, 0.1) is 52.6 Å². The largest absolute Gasteiger partial charge is 0.420 e. The minimum Gasteiger partial charge on any atom is -0.420 e. The SMILES string of the molecule is CCCCCCCC1CCC(C(=O)Oc2c(F)c(F)c(-c3c(F)cc(CCC(C)F)c(F)c3F)c(F)c2F)CC1. The summed E-state index contributed by atoms with van der Waals surface area (Å²) in [6.07, 6.45) is 6.73. The monoisotopic (exact) mass is 578 g/mol. The van der Waals surface area contributed by atoms with E-state index in [4.69, 9.17) is 4.74 Å². The predicted octanol–water partition coefficient (Wildman–Crippen LogP) is 9.69. The first-order chi connectivity index (χ1) is 19.0. The van der Waals surface area contributed by atoms with Crippen molar-refractivity contribution < 1.29 is 44.7 Å². The molecule has 2 nitrogen and oxygen atoms in total. The summed E-state index contributed by atoms with van der Waals surface area (Å²) in [5, 5.41) is 0. The molecule has 40 heavy (non-hydrogen) atoms. The van der Waals surface area contributed by atoms with Crippen LogP contribution < -0.4 is 4.74 Å². The van der Waals surface area contributed by atoms with Gasteiger partial charge < -0.3 is 4.74 Å². The molecule has 0 amide bonds. The topological polar surface area (TPSA) is 26.3 Å². The van der Waals surface area contributed by atoms with Gasteiger partial charge in [0.15, 0.2) is 23.3 Å². The third-order valence-corrected chi connectivity index (χ3v) is 7.62. The van der Waals surface area contributed by atoms with Gasteiger partial charge >= 0.3 is 5.97 Å². The average molecular weight is 579 g/mol. The number of rotatable bonds is 12. The molecule has 0 aliphatic heterocycles. The molecule has 1 aliphatic rings. The van der Waals surface area contributed by atoms with Crippen molar-refractivity contribution in [3.8, 4) is 16.9 Å². The molecule has 0 spiro atoms. The van der Waals surface area contributed by atoms with Crippen molar-refractivity contribution in [3.05, 3.63) is 52.4 Å². The number of hydrogen-bond donors (Lipinski definition) is 0. The van der Waals surface area contributed by atoms with Crippen LogP contribution in [0.4, 0.5) is 35.1 Å². The van der Waals surface area contributed by atoms with Crippen molar-refractivity contribution in [1.29, 1.82) is 0 Å². The lowest BCUT2D eigenvalue weighted by atomic mass is 9.80. The Morgan fingerprint density at radius 3 is 1.98 bits per heavy atom. The summed E-state index contributed by atoms with van der Waals surface area (Å²) in [7, 11) is 0. The molecule has 222 valence electrons. The molecule has 2 aromatic rings. The molecular weight excluding hydrogens is 544 g/mol. The van der Waals surface area contributed by atoms with Gasteiger partial charge in [0.1, 0.15) is 5.82 Å². The number of ether oxygens (including phenoxy) is 1. The molecule has 1 atom stereocenters. The highest BCUT2D eigenvalue weighted by molar-refractivity contribution is 5.76. The Morgan fingerprint density at radius 1 is 0.825 bits per heavy atom. The van der Waals surface area contributed by atoms with Gasteiger partial charge in [-0.3, -0.25) is 4.79 Å². The van der Waals surface area contributed by atoms with Gasteiger partial charge in [0.25, 0.3) is 0 Å². The van der Waals surface area contributed by atoms with E-state index in [-0.39, 0.29) is 6.42 Å². The summed E-state index contributed by atoms with van der Waals surface area (Å²) in [5.74, 6) is -17.5.